The molecule has 2 bridgehead atoms. The van der Waals surface area contributed by atoms with Gasteiger partial charge in [0.2, 0.25) is 0 Å². The highest BCUT2D eigenvalue weighted by molar-refractivity contribution is 5.92. The number of nitrogens with zero attached hydrogens (tertiary/aromatic N) is 2. The van der Waals surface area contributed by atoms with Gasteiger partial charge in [-0.05, 0) is 37.8 Å². The second-order valence-corrected chi connectivity index (χ2v) is 6.45. The average Bonchev–Trinajstić information content (AvgIpc) is 2.63. The van der Waals surface area contributed by atoms with Gasteiger partial charge in [-0.1, -0.05) is 25.9 Å². The Morgan fingerprint density at radius 1 is 1.41 bits per heavy atom. The molecular weight excluding hydrogens is 236 g/mol. The Morgan fingerprint density at radius 2 is 2.00 bits per heavy atom. The van der Waals surface area contributed by atoms with E-state index in [0.29, 0.717) is 29.1 Å². The minimum atomic E-state index is 0. The van der Waals surface area contributed by atoms with Crippen LogP contribution in [0.15, 0.2) is 5.16 Å². The van der Waals surface area contributed by atoms with E-state index in [2.05, 4.69) is 44.9 Å². The minimum Gasteiger partial charge on any atom is -0.411 e. The Morgan fingerprint density at radius 3 is 2.47 bits per heavy atom. The van der Waals surface area contributed by atoms with Crippen LogP contribution in [0.3, 0.4) is 0 Å². The summed E-state index contributed by atoms with van der Waals surface area (Å²) in [4.78, 5) is 2.21. The highest BCUT2D eigenvalue weighted by Gasteiger charge is 2.58. The van der Waals surface area contributed by atoms with Crippen molar-refractivity contribution in [2.45, 2.75) is 27.2 Å². The number of oxime groups is 1. The lowest BCUT2D eigenvalue weighted by atomic mass is 9.64. The van der Waals surface area contributed by atoms with Gasteiger partial charge in [-0.15, -0.1) is 12.4 Å². The van der Waals surface area contributed by atoms with Crippen LogP contribution in [0.5, 0.6) is 0 Å². The van der Waals surface area contributed by atoms with Gasteiger partial charge in [-0.3, -0.25) is 0 Å². The molecule has 0 saturated heterocycles. The molecule has 0 heterocycles. The van der Waals surface area contributed by atoms with Gasteiger partial charge >= 0.3 is 0 Å². The molecule has 0 aromatic heterocycles. The zero-order valence-corrected chi connectivity index (χ0v) is 12.3. The van der Waals surface area contributed by atoms with Crippen LogP contribution in [0, 0.1) is 29.1 Å². The van der Waals surface area contributed by atoms with Crippen molar-refractivity contribution in [2.75, 3.05) is 20.6 Å². The van der Waals surface area contributed by atoms with Gasteiger partial charge < -0.3 is 10.1 Å². The maximum Gasteiger partial charge on any atom is 0.0651 e. The van der Waals surface area contributed by atoms with Crippen LogP contribution in [-0.4, -0.2) is 36.5 Å². The van der Waals surface area contributed by atoms with Crippen molar-refractivity contribution in [3.63, 3.8) is 0 Å². The molecule has 17 heavy (non-hydrogen) atoms. The van der Waals surface area contributed by atoms with Crippen LogP contribution >= 0.6 is 12.4 Å². The maximum absolute atomic E-state index is 9.23. The number of fused-ring (bicyclic) bond motifs is 2. The quantitative estimate of drug-likeness (QED) is 0.612. The third-order valence-corrected chi connectivity index (χ3v) is 5.16. The second kappa shape index (κ2) is 4.77. The molecular formula is C13H25ClN2O. The molecule has 0 spiro atoms. The van der Waals surface area contributed by atoms with Crippen molar-refractivity contribution in [1.82, 2.24) is 4.90 Å². The first kappa shape index (κ1) is 14.8. The zero-order chi connectivity index (χ0) is 12.1. The monoisotopic (exact) mass is 260 g/mol. The third-order valence-electron chi connectivity index (χ3n) is 5.16. The van der Waals surface area contributed by atoms with E-state index >= 15 is 0 Å². The SMILES string of the molecule is CC1C2CC([C@H](CN(C)C)/C2=N/O)C1(C)C.Cl. The van der Waals surface area contributed by atoms with Gasteiger partial charge in [0.25, 0.3) is 0 Å². The van der Waals surface area contributed by atoms with Gasteiger partial charge in [-0.25, -0.2) is 0 Å². The first-order valence-electron chi connectivity index (χ1n) is 6.26. The van der Waals surface area contributed by atoms with Crippen molar-refractivity contribution >= 4 is 18.1 Å². The molecule has 2 saturated carbocycles. The van der Waals surface area contributed by atoms with Gasteiger partial charge in [0.05, 0.1) is 5.71 Å². The highest BCUT2D eigenvalue weighted by atomic mass is 35.5. The Kier molecular flexibility index (Phi) is 4.15. The lowest BCUT2D eigenvalue weighted by Crippen LogP contribution is -2.43. The molecule has 100 valence electrons. The van der Waals surface area contributed by atoms with E-state index in [-0.39, 0.29) is 12.4 Å². The van der Waals surface area contributed by atoms with Gasteiger partial charge in [0, 0.05) is 18.4 Å². The molecule has 2 aliphatic rings. The molecule has 4 atom stereocenters. The highest BCUT2D eigenvalue weighted by Crippen LogP contribution is 2.60. The fourth-order valence-corrected chi connectivity index (χ4v) is 3.94. The molecule has 0 aromatic carbocycles. The molecule has 2 fully saturated rings. The fraction of sp³-hybridized carbons (Fsp3) is 0.923. The van der Waals surface area contributed by atoms with Gasteiger partial charge in [0.1, 0.15) is 0 Å². The van der Waals surface area contributed by atoms with Crippen LogP contribution in [-0.2, 0) is 0 Å². The summed E-state index contributed by atoms with van der Waals surface area (Å²) in [6.07, 6.45) is 1.21. The van der Waals surface area contributed by atoms with E-state index in [1.807, 2.05) is 0 Å². The van der Waals surface area contributed by atoms with Crippen LogP contribution in [0.25, 0.3) is 0 Å². The summed E-state index contributed by atoms with van der Waals surface area (Å²) in [5.41, 5.74) is 1.45. The van der Waals surface area contributed by atoms with Crippen molar-refractivity contribution in [3.05, 3.63) is 0 Å². The van der Waals surface area contributed by atoms with Crippen molar-refractivity contribution in [2.24, 2.45) is 34.2 Å². The first-order valence-corrected chi connectivity index (χ1v) is 6.26. The standard InChI is InChI=1S/C13H24N2O.ClH/c1-8-9-6-11(13(8,2)3)10(7-15(4)5)12(9)14-16;/h8-11,16H,6-7H2,1-5H3;1H/b14-12+;/t8?,9?,10-,11?;/m0./s1. The topological polar surface area (TPSA) is 35.8 Å². The average molecular weight is 261 g/mol. The van der Waals surface area contributed by atoms with Crippen LogP contribution in [0.1, 0.15) is 27.2 Å². The zero-order valence-electron chi connectivity index (χ0n) is 11.5. The summed E-state index contributed by atoms with van der Waals surface area (Å²) < 4.78 is 0. The Hall–Kier alpha value is -0.280. The van der Waals surface area contributed by atoms with E-state index in [9.17, 15) is 5.21 Å². The van der Waals surface area contributed by atoms with Crippen LogP contribution in [0.4, 0.5) is 0 Å². The van der Waals surface area contributed by atoms with Crippen molar-refractivity contribution in [3.8, 4) is 0 Å². The predicted octanol–water partition coefficient (Wildman–Crippen LogP) is 2.73. The van der Waals surface area contributed by atoms with Crippen molar-refractivity contribution in [1.29, 1.82) is 0 Å². The molecule has 1 N–H and O–H groups in total. The third kappa shape index (κ3) is 2.08. The molecule has 0 amide bonds. The van der Waals surface area contributed by atoms with E-state index in [0.717, 1.165) is 12.3 Å². The summed E-state index contributed by atoms with van der Waals surface area (Å²) in [7, 11) is 4.19. The van der Waals surface area contributed by atoms with Crippen molar-refractivity contribution < 1.29 is 5.21 Å². The molecule has 2 aliphatic carbocycles. The molecule has 3 unspecified atom stereocenters. The van der Waals surface area contributed by atoms with E-state index < -0.39 is 0 Å². The Bertz CT molecular complexity index is 315. The number of hydrogen-bond acceptors (Lipinski definition) is 3. The molecule has 0 aliphatic heterocycles. The summed E-state index contributed by atoms with van der Waals surface area (Å²) in [5.74, 6) is 2.29. The number of rotatable bonds is 2. The Labute approximate surface area is 111 Å². The molecule has 2 rings (SSSR count). The molecule has 0 radical (unpaired) electrons. The van der Waals surface area contributed by atoms with Crippen LogP contribution in [0.2, 0.25) is 0 Å². The van der Waals surface area contributed by atoms with E-state index in [1.165, 1.54) is 6.42 Å². The lowest BCUT2D eigenvalue weighted by molar-refractivity contribution is 0.128. The second-order valence-electron chi connectivity index (χ2n) is 6.45. The first-order chi connectivity index (χ1) is 7.39. The van der Waals surface area contributed by atoms with Crippen LogP contribution < -0.4 is 0 Å². The largest absolute Gasteiger partial charge is 0.411 e. The minimum absolute atomic E-state index is 0. The summed E-state index contributed by atoms with van der Waals surface area (Å²) in [6, 6.07) is 0. The van der Waals surface area contributed by atoms with Gasteiger partial charge in [-0.2, -0.15) is 0 Å². The molecule has 0 aromatic rings. The van der Waals surface area contributed by atoms with Gasteiger partial charge in [0.15, 0.2) is 0 Å². The summed E-state index contributed by atoms with van der Waals surface area (Å²) in [6.45, 7) is 8.07. The number of halogens is 1. The summed E-state index contributed by atoms with van der Waals surface area (Å²) in [5, 5.41) is 12.8. The predicted molar refractivity (Wildman–Crippen MR) is 73.1 cm³/mol. The molecule has 4 heteroatoms. The van der Waals surface area contributed by atoms with E-state index in [4.69, 9.17) is 0 Å². The fourth-order valence-electron chi connectivity index (χ4n) is 3.94. The number of hydrogen-bond donors (Lipinski definition) is 1. The summed E-state index contributed by atoms with van der Waals surface area (Å²) >= 11 is 0. The maximum atomic E-state index is 9.23. The normalized spacial score (nSPS) is 40.9. The van der Waals surface area contributed by atoms with E-state index in [1.54, 1.807) is 0 Å². The lowest BCUT2D eigenvalue weighted by Gasteiger charge is -2.41. The molecule has 3 nitrogen and oxygen atoms in total. The smallest absolute Gasteiger partial charge is 0.0651 e. The Balaban J connectivity index is 0.00000144.